The molecule has 0 aromatic carbocycles. The predicted molar refractivity (Wildman–Crippen MR) is 40.8 cm³/mol. The van der Waals surface area contributed by atoms with Crippen LogP contribution in [0.2, 0.25) is 0 Å². The largest absolute Gasteiger partial charge is 0.238 e. The second-order valence-electron chi connectivity index (χ2n) is 1.71. The molecule has 0 radical (unpaired) electrons. The molecule has 50 valence electrons. The van der Waals surface area contributed by atoms with Gasteiger partial charge < -0.3 is 0 Å². The third kappa shape index (κ3) is 1.64. The van der Waals surface area contributed by atoms with Crippen LogP contribution >= 0.6 is 22.6 Å². The average molecular weight is 240 g/mol. The topological polar surface area (TPSA) is 17.8 Å². The Labute approximate surface area is 66.2 Å². The van der Waals surface area contributed by atoms with Crippen molar-refractivity contribution in [1.29, 1.82) is 0 Å². The van der Waals surface area contributed by atoms with E-state index in [0.29, 0.717) is 0 Å². The van der Waals surface area contributed by atoms with E-state index in [2.05, 4.69) is 27.7 Å². The van der Waals surface area contributed by atoms with Crippen molar-refractivity contribution in [2.24, 2.45) is 0 Å². The summed E-state index contributed by atoms with van der Waals surface area (Å²) in [7, 11) is 0. The molecule has 1 heterocycles. The first-order valence-electron chi connectivity index (χ1n) is 2.54. The van der Waals surface area contributed by atoms with Gasteiger partial charge >= 0.3 is 0 Å². The van der Waals surface area contributed by atoms with Crippen LogP contribution in [0.1, 0.15) is 13.2 Å². The van der Waals surface area contributed by atoms with E-state index in [1.807, 2.05) is 0 Å². The Morgan fingerprint density at radius 3 is 2.78 bits per heavy atom. The monoisotopic (exact) mass is 240 g/mol. The first-order chi connectivity index (χ1) is 4.20. The second-order valence-corrected chi connectivity index (χ2v) is 2.96. The molecule has 1 rings (SSSR count). The highest BCUT2D eigenvalue weighted by Crippen LogP contribution is 2.08. The van der Waals surface area contributed by atoms with Gasteiger partial charge in [0, 0.05) is 6.20 Å². The molecule has 1 atom stereocenters. The number of hydrogen-bond acceptors (Lipinski definition) is 1. The molecule has 0 aliphatic rings. The zero-order valence-corrected chi connectivity index (χ0v) is 7.04. The lowest BCUT2D eigenvalue weighted by molar-refractivity contribution is 0.245. The molecule has 0 aliphatic heterocycles. The highest BCUT2D eigenvalue weighted by Gasteiger charge is 2.00. The molecule has 0 saturated heterocycles. The summed E-state index contributed by atoms with van der Waals surface area (Å²) >= 11 is 2.08. The molecule has 9 heavy (non-hydrogen) atoms. The Balaban J connectivity index is 2.85. The summed E-state index contributed by atoms with van der Waals surface area (Å²) in [5, 5.41) is 3.75. The third-order valence-electron chi connectivity index (χ3n) is 0.935. The van der Waals surface area contributed by atoms with Gasteiger partial charge in [0.2, 0.25) is 0 Å². The van der Waals surface area contributed by atoms with Gasteiger partial charge in [-0.1, -0.05) is 0 Å². The highest BCUT2D eigenvalue weighted by molar-refractivity contribution is 14.1. The van der Waals surface area contributed by atoms with Gasteiger partial charge in [-0.25, -0.2) is 9.07 Å². The molecule has 0 N–H and O–H groups in total. The molecule has 1 aromatic heterocycles. The van der Waals surface area contributed by atoms with Crippen LogP contribution in [0.3, 0.4) is 0 Å². The van der Waals surface area contributed by atoms with E-state index in [9.17, 15) is 4.39 Å². The third-order valence-corrected chi connectivity index (χ3v) is 1.49. The molecule has 0 fully saturated rings. The number of rotatable bonds is 1. The molecular weight excluding hydrogens is 234 g/mol. The smallest absolute Gasteiger partial charge is 0.188 e. The van der Waals surface area contributed by atoms with Crippen molar-refractivity contribution in [2.45, 2.75) is 13.2 Å². The van der Waals surface area contributed by atoms with E-state index in [1.165, 1.54) is 11.6 Å². The Morgan fingerprint density at radius 2 is 2.56 bits per heavy atom. The maximum atomic E-state index is 12.3. The van der Waals surface area contributed by atoms with Gasteiger partial charge in [-0.05, 0) is 29.5 Å². The first-order valence-corrected chi connectivity index (χ1v) is 3.62. The fraction of sp³-hybridized carbons (Fsp3) is 0.400. The number of alkyl halides is 1. The predicted octanol–water partition coefficient (Wildman–Crippen LogP) is 1.98. The fourth-order valence-corrected chi connectivity index (χ4v) is 0.919. The standard InChI is InChI=1S/C5H6FIN2/c1-4(6)9-3-5(7)2-8-9/h2-4H,1H3. The van der Waals surface area contributed by atoms with Crippen molar-refractivity contribution in [3.05, 3.63) is 16.0 Å². The van der Waals surface area contributed by atoms with Gasteiger partial charge in [0.05, 0.1) is 9.77 Å². The number of nitrogens with zero attached hydrogens (tertiary/aromatic N) is 2. The lowest BCUT2D eigenvalue weighted by atomic mass is 10.7. The molecule has 4 heteroatoms. The molecule has 0 amide bonds. The van der Waals surface area contributed by atoms with Crippen LogP contribution in [0, 0.1) is 3.57 Å². The number of aromatic nitrogens is 2. The van der Waals surface area contributed by atoms with Crippen molar-refractivity contribution in [3.63, 3.8) is 0 Å². The van der Waals surface area contributed by atoms with Crippen LogP contribution in [0.4, 0.5) is 4.39 Å². The molecule has 0 aliphatic carbocycles. The molecule has 1 unspecified atom stereocenters. The van der Waals surface area contributed by atoms with E-state index in [4.69, 9.17) is 0 Å². The van der Waals surface area contributed by atoms with Crippen LogP contribution in [-0.4, -0.2) is 9.78 Å². The quantitative estimate of drug-likeness (QED) is 0.686. The Bertz CT molecular complexity index is 197. The van der Waals surface area contributed by atoms with E-state index in [-0.39, 0.29) is 0 Å². The average Bonchev–Trinajstić information content (AvgIpc) is 2.14. The lowest BCUT2D eigenvalue weighted by Crippen LogP contribution is -1.98. The summed E-state index contributed by atoms with van der Waals surface area (Å²) in [6.45, 7) is 1.45. The maximum Gasteiger partial charge on any atom is 0.188 e. The summed E-state index contributed by atoms with van der Waals surface area (Å²) in [5.74, 6) is 0. The molecule has 1 aromatic rings. The van der Waals surface area contributed by atoms with Crippen LogP contribution < -0.4 is 0 Å². The van der Waals surface area contributed by atoms with Crippen LogP contribution in [0.15, 0.2) is 12.4 Å². The minimum atomic E-state index is -1.02. The zero-order chi connectivity index (χ0) is 6.85. The Kier molecular flexibility index (Phi) is 2.05. The first kappa shape index (κ1) is 6.98. The summed E-state index contributed by atoms with van der Waals surface area (Å²) < 4.78 is 14.6. The minimum Gasteiger partial charge on any atom is -0.238 e. The van der Waals surface area contributed by atoms with Crippen molar-refractivity contribution < 1.29 is 4.39 Å². The molecular formula is C5H6FIN2. The van der Waals surface area contributed by atoms with Gasteiger partial charge in [-0.2, -0.15) is 5.10 Å². The van der Waals surface area contributed by atoms with Crippen molar-refractivity contribution in [1.82, 2.24) is 9.78 Å². The van der Waals surface area contributed by atoms with Crippen LogP contribution in [0.5, 0.6) is 0 Å². The van der Waals surface area contributed by atoms with Gasteiger partial charge in [-0.3, -0.25) is 0 Å². The van der Waals surface area contributed by atoms with Gasteiger partial charge in [0.1, 0.15) is 0 Å². The van der Waals surface area contributed by atoms with Crippen LogP contribution in [-0.2, 0) is 0 Å². The van der Waals surface area contributed by atoms with E-state index in [1.54, 1.807) is 12.4 Å². The summed E-state index contributed by atoms with van der Waals surface area (Å²) in [6, 6.07) is 0. The van der Waals surface area contributed by atoms with Crippen LogP contribution in [0.25, 0.3) is 0 Å². The minimum absolute atomic E-state index is 0.956. The highest BCUT2D eigenvalue weighted by atomic mass is 127. The molecule has 0 bridgehead atoms. The zero-order valence-electron chi connectivity index (χ0n) is 4.88. The Morgan fingerprint density at radius 1 is 1.89 bits per heavy atom. The van der Waals surface area contributed by atoms with Gasteiger partial charge in [0.15, 0.2) is 6.30 Å². The second kappa shape index (κ2) is 2.64. The summed E-state index contributed by atoms with van der Waals surface area (Å²) in [4.78, 5) is 0. The number of halogens is 2. The summed E-state index contributed by atoms with van der Waals surface area (Å²) in [6.07, 6.45) is 2.26. The SMILES string of the molecule is CC(F)n1cc(I)cn1. The lowest BCUT2D eigenvalue weighted by Gasteiger charge is -1.97. The van der Waals surface area contributed by atoms with Crippen molar-refractivity contribution >= 4 is 22.6 Å². The molecule has 0 spiro atoms. The molecule has 0 saturated carbocycles. The van der Waals surface area contributed by atoms with E-state index < -0.39 is 6.30 Å². The van der Waals surface area contributed by atoms with Crippen molar-refractivity contribution in [3.8, 4) is 0 Å². The summed E-state index contributed by atoms with van der Waals surface area (Å²) in [5.41, 5.74) is 0. The normalized spacial score (nSPS) is 13.7. The maximum absolute atomic E-state index is 12.3. The van der Waals surface area contributed by atoms with E-state index >= 15 is 0 Å². The Hall–Kier alpha value is -0.130. The molecule has 2 nitrogen and oxygen atoms in total. The van der Waals surface area contributed by atoms with E-state index in [0.717, 1.165) is 3.57 Å². The van der Waals surface area contributed by atoms with Gasteiger partial charge in [0.25, 0.3) is 0 Å². The number of hydrogen-bond donors (Lipinski definition) is 0. The fourth-order valence-electron chi connectivity index (χ4n) is 0.509. The van der Waals surface area contributed by atoms with Crippen molar-refractivity contribution in [2.75, 3.05) is 0 Å². The van der Waals surface area contributed by atoms with Gasteiger partial charge in [-0.15, -0.1) is 0 Å².